The largest absolute Gasteiger partial charge is 0.361 e. The molecule has 2 aromatic carbocycles. The van der Waals surface area contributed by atoms with E-state index in [2.05, 4.69) is 26.4 Å². The van der Waals surface area contributed by atoms with Gasteiger partial charge in [-0.3, -0.25) is 9.36 Å². The summed E-state index contributed by atoms with van der Waals surface area (Å²) in [7, 11) is -3.37. The summed E-state index contributed by atoms with van der Waals surface area (Å²) in [6, 6.07) is 11.1. The summed E-state index contributed by atoms with van der Waals surface area (Å²) < 4.78 is 42.6. The zero-order valence-corrected chi connectivity index (χ0v) is 20.1. The maximum atomic E-state index is 13.5. The summed E-state index contributed by atoms with van der Waals surface area (Å²) in [4.78, 5) is 12.4. The Morgan fingerprint density at radius 2 is 1.84 bits per heavy atom. The van der Waals surface area contributed by atoms with Gasteiger partial charge in [-0.1, -0.05) is 5.16 Å². The van der Waals surface area contributed by atoms with Crippen LogP contribution in [0.1, 0.15) is 25.8 Å². The lowest BCUT2D eigenvalue weighted by molar-refractivity contribution is -0.116. The number of rotatable bonds is 10. The molecular weight excluding hydrogens is 502 g/mol. The number of aryl methyl sites for hydroxylation is 1. The molecule has 1 heterocycles. The second-order valence-corrected chi connectivity index (χ2v) is 9.62. The third-order valence-electron chi connectivity index (χ3n) is 4.51. The number of benzene rings is 2. The van der Waals surface area contributed by atoms with Gasteiger partial charge in [-0.05, 0) is 78.7 Å². The van der Waals surface area contributed by atoms with Gasteiger partial charge in [-0.2, -0.15) is 0 Å². The van der Waals surface area contributed by atoms with Gasteiger partial charge in [0.05, 0.1) is 29.2 Å². The van der Waals surface area contributed by atoms with Crippen LogP contribution < -0.4 is 10.6 Å². The summed E-state index contributed by atoms with van der Waals surface area (Å²) in [5, 5.41) is 7.04. The van der Waals surface area contributed by atoms with E-state index in [0.717, 1.165) is 5.56 Å². The first-order valence-electron chi connectivity index (χ1n) is 10.0. The van der Waals surface area contributed by atoms with Crippen molar-refractivity contribution in [1.82, 2.24) is 5.16 Å². The molecule has 0 atom stereocenters. The maximum Gasteiger partial charge on any atom is 0.361 e. The lowest BCUT2D eigenvalue weighted by Crippen LogP contribution is -2.14. The van der Waals surface area contributed by atoms with E-state index in [1.165, 1.54) is 6.07 Å². The van der Waals surface area contributed by atoms with Crippen LogP contribution in [0, 0.1) is 5.82 Å². The van der Waals surface area contributed by atoms with Crippen LogP contribution in [0.2, 0.25) is 0 Å². The fourth-order valence-corrected chi connectivity index (χ4v) is 4.98. The molecule has 0 radical (unpaired) electrons. The molecule has 0 saturated carbocycles. The molecule has 0 aliphatic heterocycles. The van der Waals surface area contributed by atoms with Gasteiger partial charge in [0.1, 0.15) is 5.82 Å². The van der Waals surface area contributed by atoms with Gasteiger partial charge >= 0.3 is 7.60 Å². The number of nitrogens with zero attached hydrogens (tertiary/aromatic N) is 1. The Morgan fingerprint density at radius 1 is 1.16 bits per heavy atom. The number of nitrogens with one attached hydrogen (secondary N) is 1. The van der Waals surface area contributed by atoms with Crippen molar-refractivity contribution in [1.29, 1.82) is 0 Å². The van der Waals surface area contributed by atoms with Gasteiger partial charge in [0.15, 0.2) is 5.76 Å². The SMILES string of the molecule is CCOP(=O)(OCC)c1ccc(NC(=O)CCc2cnoc2-c2ccc(F)c(Br)c2)cc1. The molecule has 1 aromatic heterocycles. The third kappa shape index (κ3) is 5.92. The predicted molar refractivity (Wildman–Crippen MR) is 123 cm³/mol. The van der Waals surface area contributed by atoms with Crippen molar-refractivity contribution in [3.05, 3.63) is 64.5 Å². The number of hydrogen-bond donors (Lipinski definition) is 1. The van der Waals surface area contributed by atoms with Gasteiger partial charge in [-0.25, -0.2) is 4.39 Å². The minimum atomic E-state index is -3.37. The van der Waals surface area contributed by atoms with E-state index in [1.54, 1.807) is 56.4 Å². The van der Waals surface area contributed by atoms with E-state index in [1.807, 2.05) is 0 Å². The monoisotopic (exact) mass is 524 g/mol. The molecule has 0 spiro atoms. The zero-order chi connectivity index (χ0) is 23.1. The van der Waals surface area contributed by atoms with Crippen molar-refractivity contribution in [2.24, 2.45) is 0 Å². The number of hydrogen-bond acceptors (Lipinski definition) is 6. The predicted octanol–water partition coefficient (Wildman–Crippen LogP) is 5.71. The lowest BCUT2D eigenvalue weighted by Gasteiger charge is -2.17. The van der Waals surface area contributed by atoms with Crippen LogP contribution in [0.4, 0.5) is 10.1 Å². The molecule has 3 rings (SSSR count). The van der Waals surface area contributed by atoms with Gasteiger partial charge < -0.3 is 18.9 Å². The van der Waals surface area contributed by atoms with Crippen LogP contribution in [0.5, 0.6) is 0 Å². The summed E-state index contributed by atoms with van der Waals surface area (Å²) in [5.41, 5.74) is 1.96. The molecule has 0 unspecified atom stereocenters. The minimum Gasteiger partial charge on any atom is -0.356 e. The summed E-state index contributed by atoms with van der Waals surface area (Å²) in [5.74, 6) is -0.0903. The lowest BCUT2D eigenvalue weighted by atomic mass is 10.1. The molecule has 170 valence electrons. The van der Waals surface area contributed by atoms with Crippen LogP contribution in [-0.4, -0.2) is 24.3 Å². The van der Waals surface area contributed by atoms with E-state index in [-0.39, 0.29) is 31.4 Å². The Kier molecular flexibility index (Phi) is 8.37. The highest BCUT2D eigenvalue weighted by Crippen LogP contribution is 2.46. The minimum absolute atomic E-state index is 0.189. The first kappa shape index (κ1) is 24.3. The Bertz CT molecular complexity index is 1110. The molecular formula is C22H23BrFN2O5P. The zero-order valence-electron chi connectivity index (χ0n) is 17.6. The number of anilines is 1. The summed E-state index contributed by atoms with van der Waals surface area (Å²) in [6.45, 7) is 4.01. The average molecular weight is 525 g/mol. The van der Waals surface area contributed by atoms with Crippen molar-refractivity contribution >= 4 is 40.4 Å². The summed E-state index contributed by atoms with van der Waals surface area (Å²) in [6.07, 6.45) is 2.13. The Balaban J connectivity index is 1.62. The molecule has 1 N–H and O–H groups in total. The van der Waals surface area contributed by atoms with E-state index < -0.39 is 7.60 Å². The van der Waals surface area contributed by atoms with Gasteiger partial charge in [0, 0.05) is 23.2 Å². The molecule has 1 amide bonds. The highest BCUT2D eigenvalue weighted by molar-refractivity contribution is 9.10. The van der Waals surface area contributed by atoms with Crippen LogP contribution >= 0.6 is 23.5 Å². The van der Waals surface area contributed by atoms with Gasteiger partial charge in [0.25, 0.3) is 0 Å². The molecule has 0 saturated heterocycles. The fourth-order valence-electron chi connectivity index (χ4n) is 3.04. The highest BCUT2D eigenvalue weighted by Gasteiger charge is 2.26. The Morgan fingerprint density at radius 3 is 2.47 bits per heavy atom. The van der Waals surface area contributed by atoms with E-state index in [0.29, 0.717) is 33.2 Å². The molecule has 0 aliphatic carbocycles. The number of carbonyl (C=O) groups is 1. The average Bonchev–Trinajstić information content (AvgIpc) is 3.24. The first-order chi connectivity index (χ1) is 15.4. The second-order valence-electron chi connectivity index (χ2n) is 6.74. The van der Waals surface area contributed by atoms with Crippen LogP contribution in [0.15, 0.2) is 57.7 Å². The van der Waals surface area contributed by atoms with Crippen LogP contribution in [-0.2, 0) is 24.8 Å². The molecule has 0 bridgehead atoms. The fraction of sp³-hybridized carbons (Fsp3) is 0.273. The number of halogens is 2. The van der Waals surface area contributed by atoms with E-state index in [9.17, 15) is 13.8 Å². The number of amides is 1. The third-order valence-corrected chi connectivity index (χ3v) is 7.25. The van der Waals surface area contributed by atoms with Crippen molar-refractivity contribution in [3.8, 4) is 11.3 Å². The van der Waals surface area contributed by atoms with Crippen LogP contribution in [0.3, 0.4) is 0 Å². The Hall–Kier alpha value is -2.32. The normalized spacial score (nSPS) is 11.5. The molecule has 0 aliphatic rings. The van der Waals surface area contributed by atoms with Crippen molar-refractivity contribution in [2.75, 3.05) is 18.5 Å². The Labute approximate surface area is 194 Å². The van der Waals surface area contributed by atoms with Crippen molar-refractivity contribution < 1.29 is 27.3 Å². The van der Waals surface area contributed by atoms with Gasteiger partial charge in [0.2, 0.25) is 5.91 Å². The molecule has 32 heavy (non-hydrogen) atoms. The molecule has 3 aromatic rings. The second kappa shape index (κ2) is 11.0. The number of aromatic nitrogens is 1. The topological polar surface area (TPSA) is 90.7 Å². The maximum absolute atomic E-state index is 13.5. The number of carbonyl (C=O) groups excluding carboxylic acids is 1. The standard InChI is InChI=1S/C22H23BrFN2O5P/c1-3-29-32(28,30-4-2)18-9-7-17(8-10-18)26-21(27)12-6-16-14-25-31-22(16)15-5-11-20(24)19(23)13-15/h5,7-11,13-14H,3-4,6,12H2,1-2H3,(H,26,27). The van der Waals surface area contributed by atoms with E-state index >= 15 is 0 Å². The molecule has 0 fully saturated rings. The quantitative estimate of drug-likeness (QED) is 0.342. The van der Waals surface area contributed by atoms with E-state index in [4.69, 9.17) is 13.6 Å². The van der Waals surface area contributed by atoms with Crippen molar-refractivity contribution in [2.45, 2.75) is 26.7 Å². The highest BCUT2D eigenvalue weighted by atomic mass is 79.9. The van der Waals surface area contributed by atoms with Crippen LogP contribution in [0.25, 0.3) is 11.3 Å². The summed E-state index contributed by atoms with van der Waals surface area (Å²) >= 11 is 3.16. The molecule has 10 heteroatoms. The first-order valence-corrected chi connectivity index (χ1v) is 12.4. The molecule has 7 nitrogen and oxygen atoms in total. The van der Waals surface area contributed by atoms with Crippen molar-refractivity contribution in [3.63, 3.8) is 0 Å². The van der Waals surface area contributed by atoms with Gasteiger partial charge in [-0.15, -0.1) is 0 Å². The smallest absolute Gasteiger partial charge is 0.356 e.